The van der Waals surface area contributed by atoms with Crippen LogP contribution in [0.15, 0.2) is 18.2 Å². The van der Waals surface area contributed by atoms with Crippen molar-refractivity contribution in [1.29, 1.82) is 0 Å². The molecule has 2 rings (SSSR count). The summed E-state index contributed by atoms with van der Waals surface area (Å²) >= 11 is 0. The summed E-state index contributed by atoms with van der Waals surface area (Å²) in [6.45, 7) is 5.67. The lowest BCUT2D eigenvalue weighted by atomic mass is 9.78. The fourth-order valence-electron chi connectivity index (χ4n) is 2.15. The molecule has 1 fully saturated rings. The van der Waals surface area contributed by atoms with Gasteiger partial charge in [0.1, 0.15) is 5.41 Å². The molecule has 1 heterocycles. The molecule has 0 saturated carbocycles. The van der Waals surface area contributed by atoms with Crippen LogP contribution in [0.2, 0.25) is 0 Å². The van der Waals surface area contributed by atoms with Crippen LogP contribution in [-0.4, -0.2) is 11.9 Å². The minimum Gasteiger partial charge on any atom is -0.392 e. The van der Waals surface area contributed by atoms with E-state index in [0.717, 1.165) is 16.7 Å². The number of hydrogen-bond acceptors (Lipinski definition) is 3. The number of hydrogen-bond donors (Lipinski definition) is 0. The molecular formula is C13H14O3. The van der Waals surface area contributed by atoms with Gasteiger partial charge in [0.25, 0.3) is 0 Å². The zero-order valence-electron chi connectivity index (χ0n) is 9.66. The topological polar surface area (TPSA) is 43.4 Å². The summed E-state index contributed by atoms with van der Waals surface area (Å²) in [5, 5.41) is 0. The van der Waals surface area contributed by atoms with Gasteiger partial charge in [-0.05, 0) is 31.9 Å². The Balaban J connectivity index is 2.55. The summed E-state index contributed by atoms with van der Waals surface area (Å²) in [6, 6.07) is 5.91. The van der Waals surface area contributed by atoms with Gasteiger partial charge in [0.15, 0.2) is 0 Å². The molecule has 0 bridgehead atoms. The van der Waals surface area contributed by atoms with E-state index in [0.29, 0.717) is 0 Å². The Morgan fingerprint density at radius 3 is 2.50 bits per heavy atom. The van der Waals surface area contributed by atoms with Crippen molar-refractivity contribution in [2.75, 3.05) is 0 Å². The van der Waals surface area contributed by atoms with Crippen molar-refractivity contribution in [3.8, 4) is 0 Å². The van der Waals surface area contributed by atoms with E-state index < -0.39 is 17.4 Å². The molecule has 1 saturated heterocycles. The van der Waals surface area contributed by atoms with Crippen LogP contribution in [0.4, 0.5) is 0 Å². The Kier molecular flexibility index (Phi) is 2.34. The van der Waals surface area contributed by atoms with Gasteiger partial charge in [0, 0.05) is 0 Å². The van der Waals surface area contributed by atoms with E-state index >= 15 is 0 Å². The highest BCUT2D eigenvalue weighted by Gasteiger charge is 2.47. The van der Waals surface area contributed by atoms with Crippen molar-refractivity contribution >= 4 is 11.9 Å². The third kappa shape index (κ3) is 1.52. The summed E-state index contributed by atoms with van der Waals surface area (Å²) in [4.78, 5) is 22.9. The van der Waals surface area contributed by atoms with Gasteiger partial charge in [0.2, 0.25) is 0 Å². The number of carbonyl (C=O) groups excluding carboxylic acids is 2. The zero-order valence-corrected chi connectivity index (χ0v) is 9.66. The minimum absolute atomic E-state index is 0.135. The van der Waals surface area contributed by atoms with Crippen LogP contribution in [-0.2, 0) is 19.7 Å². The number of aryl methyl sites for hydroxylation is 2. The van der Waals surface area contributed by atoms with E-state index in [1.54, 1.807) is 6.92 Å². The SMILES string of the molecule is Cc1ccc(C)c(C2(C)CC(=O)OC2=O)c1. The Labute approximate surface area is 94.4 Å². The average molecular weight is 218 g/mol. The molecule has 1 aliphatic heterocycles. The summed E-state index contributed by atoms with van der Waals surface area (Å²) in [5.41, 5.74) is 2.17. The molecule has 3 nitrogen and oxygen atoms in total. The first-order valence-electron chi connectivity index (χ1n) is 5.26. The smallest absolute Gasteiger partial charge is 0.324 e. The maximum absolute atomic E-state index is 11.7. The van der Waals surface area contributed by atoms with E-state index in [2.05, 4.69) is 4.74 Å². The van der Waals surface area contributed by atoms with Crippen molar-refractivity contribution in [3.05, 3.63) is 34.9 Å². The lowest BCUT2D eigenvalue weighted by Gasteiger charge is -2.21. The molecule has 1 aromatic rings. The van der Waals surface area contributed by atoms with Crippen molar-refractivity contribution < 1.29 is 14.3 Å². The van der Waals surface area contributed by atoms with Crippen molar-refractivity contribution in [3.63, 3.8) is 0 Å². The Hall–Kier alpha value is -1.64. The highest BCUT2D eigenvalue weighted by atomic mass is 16.6. The number of carbonyl (C=O) groups is 2. The number of ether oxygens (including phenoxy) is 1. The lowest BCUT2D eigenvalue weighted by Crippen LogP contribution is -2.28. The molecule has 3 heteroatoms. The largest absolute Gasteiger partial charge is 0.392 e. The molecule has 16 heavy (non-hydrogen) atoms. The fourth-order valence-corrected chi connectivity index (χ4v) is 2.15. The maximum atomic E-state index is 11.7. The van der Waals surface area contributed by atoms with Gasteiger partial charge in [-0.2, -0.15) is 0 Å². The third-order valence-electron chi connectivity index (χ3n) is 3.14. The second-order valence-electron chi connectivity index (χ2n) is 4.59. The molecule has 1 unspecified atom stereocenters. The highest BCUT2D eigenvalue weighted by molar-refractivity contribution is 6.01. The van der Waals surface area contributed by atoms with Crippen LogP contribution in [0.1, 0.15) is 30.0 Å². The predicted molar refractivity (Wildman–Crippen MR) is 59.0 cm³/mol. The van der Waals surface area contributed by atoms with Crippen LogP contribution >= 0.6 is 0 Å². The second kappa shape index (κ2) is 3.44. The lowest BCUT2D eigenvalue weighted by molar-refractivity contribution is -0.153. The average Bonchev–Trinajstić information content (AvgIpc) is 2.46. The minimum atomic E-state index is -0.812. The van der Waals surface area contributed by atoms with Crippen molar-refractivity contribution in [2.24, 2.45) is 0 Å². The van der Waals surface area contributed by atoms with Gasteiger partial charge < -0.3 is 4.74 Å². The number of cyclic esters (lactones) is 2. The highest BCUT2D eigenvalue weighted by Crippen LogP contribution is 2.36. The molecule has 1 aromatic carbocycles. The van der Waals surface area contributed by atoms with E-state index in [-0.39, 0.29) is 6.42 Å². The van der Waals surface area contributed by atoms with Gasteiger partial charge in [-0.25, -0.2) is 0 Å². The predicted octanol–water partition coefficient (Wildman–Crippen LogP) is 2.03. The molecule has 0 N–H and O–H groups in total. The Morgan fingerprint density at radius 2 is 1.94 bits per heavy atom. The molecule has 0 aliphatic carbocycles. The molecule has 0 amide bonds. The van der Waals surface area contributed by atoms with Crippen LogP contribution in [0.3, 0.4) is 0 Å². The first-order chi connectivity index (χ1) is 7.43. The molecule has 1 aliphatic rings. The molecule has 1 atom stereocenters. The normalized spacial score (nSPS) is 24.7. The standard InChI is InChI=1S/C13H14O3/c1-8-4-5-9(2)10(6-8)13(3)7-11(14)16-12(13)15/h4-6H,7H2,1-3H3. The van der Waals surface area contributed by atoms with Gasteiger partial charge in [-0.15, -0.1) is 0 Å². The summed E-state index contributed by atoms with van der Waals surface area (Å²) in [5.74, 6) is -0.875. The van der Waals surface area contributed by atoms with Crippen LogP contribution in [0.25, 0.3) is 0 Å². The summed E-state index contributed by atoms with van der Waals surface area (Å²) in [6.07, 6.45) is 0.135. The molecular weight excluding hydrogens is 204 g/mol. The first-order valence-corrected chi connectivity index (χ1v) is 5.26. The number of rotatable bonds is 1. The van der Waals surface area contributed by atoms with Gasteiger partial charge in [-0.3, -0.25) is 9.59 Å². The van der Waals surface area contributed by atoms with Gasteiger partial charge >= 0.3 is 11.9 Å². The van der Waals surface area contributed by atoms with Gasteiger partial charge in [0.05, 0.1) is 6.42 Å². The van der Waals surface area contributed by atoms with Crippen LogP contribution < -0.4 is 0 Å². The van der Waals surface area contributed by atoms with E-state index in [1.807, 2.05) is 32.0 Å². The summed E-state index contributed by atoms with van der Waals surface area (Å²) < 4.78 is 4.65. The monoisotopic (exact) mass is 218 g/mol. The second-order valence-corrected chi connectivity index (χ2v) is 4.59. The van der Waals surface area contributed by atoms with Crippen LogP contribution in [0.5, 0.6) is 0 Å². The first kappa shape index (κ1) is 10.9. The Morgan fingerprint density at radius 1 is 1.25 bits per heavy atom. The number of esters is 2. The molecule has 0 aromatic heterocycles. The zero-order chi connectivity index (χ0) is 11.9. The van der Waals surface area contributed by atoms with Crippen molar-refractivity contribution in [2.45, 2.75) is 32.6 Å². The summed E-state index contributed by atoms with van der Waals surface area (Å²) in [7, 11) is 0. The molecule has 84 valence electrons. The third-order valence-corrected chi connectivity index (χ3v) is 3.14. The molecule has 0 radical (unpaired) electrons. The number of benzene rings is 1. The van der Waals surface area contributed by atoms with E-state index in [9.17, 15) is 9.59 Å². The van der Waals surface area contributed by atoms with E-state index in [1.165, 1.54) is 0 Å². The maximum Gasteiger partial charge on any atom is 0.324 e. The van der Waals surface area contributed by atoms with Crippen LogP contribution in [0, 0.1) is 13.8 Å². The van der Waals surface area contributed by atoms with Crippen molar-refractivity contribution in [1.82, 2.24) is 0 Å². The van der Waals surface area contributed by atoms with Gasteiger partial charge in [-0.1, -0.05) is 23.8 Å². The quantitative estimate of drug-likeness (QED) is 0.535. The van der Waals surface area contributed by atoms with E-state index in [4.69, 9.17) is 0 Å². The molecule has 0 spiro atoms. The fraction of sp³-hybridized carbons (Fsp3) is 0.385. The Bertz CT molecular complexity index is 476.